The van der Waals surface area contributed by atoms with E-state index in [9.17, 15) is 4.79 Å². The molecule has 1 aliphatic heterocycles. The van der Waals surface area contributed by atoms with Crippen molar-refractivity contribution in [3.05, 3.63) is 78.8 Å². The summed E-state index contributed by atoms with van der Waals surface area (Å²) in [7, 11) is 0. The highest BCUT2D eigenvalue weighted by molar-refractivity contribution is 6.04. The number of nitrogens with one attached hydrogen (secondary N) is 1. The van der Waals surface area contributed by atoms with Crippen LogP contribution in [0.5, 0.6) is 0 Å². The van der Waals surface area contributed by atoms with Crippen LogP contribution < -0.4 is 15.1 Å². The molecule has 0 atom stereocenters. The number of nitrogens with zero attached hydrogens (tertiary/aromatic N) is 4. The van der Waals surface area contributed by atoms with Gasteiger partial charge in [-0.3, -0.25) is 4.79 Å². The van der Waals surface area contributed by atoms with Crippen LogP contribution in [-0.4, -0.2) is 42.1 Å². The number of hydrogen-bond donors (Lipinski definition) is 1. The molecule has 7 nitrogen and oxygen atoms in total. The molecule has 1 N–H and O–H groups in total. The fourth-order valence-corrected chi connectivity index (χ4v) is 3.64. The van der Waals surface area contributed by atoms with E-state index < -0.39 is 0 Å². The van der Waals surface area contributed by atoms with Gasteiger partial charge in [-0.1, -0.05) is 36.4 Å². The van der Waals surface area contributed by atoms with E-state index in [1.807, 2.05) is 30.3 Å². The number of hydrogen-bond acceptors (Lipinski definition) is 6. The smallest absolute Gasteiger partial charge is 0.291 e. The minimum atomic E-state index is -0.320. The lowest BCUT2D eigenvalue weighted by molar-refractivity contribution is 0.0998. The fraction of sp³-hybridized carbons (Fsp3) is 0.174. The van der Waals surface area contributed by atoms with Gasteiger partial charge in [0.25, 0.3) is 5.91 Å². The molecule has 7 heteroatoms. The van der Waals surface area contributed by atoms with Crippen molar-refractivity contribution in [1.82, 2.24) is 9.97 Å². The second-order valence-corrected chi connectivity index (χ2v) is 7.18. The van der Waals surface area contributed by atoms with E-state index >= 15 is 0 Å². The van der Waals surface area contributed by atoms with Gasteiger partial charge in [0.1, 0.15) is 5.58 Å². The molecule has 4 aromatic rings. The molecule has 1 aliphatic rings. The molecule has 2 aromatic carbocycles. The van der Waals surface area contributed by atoms with Gasteiger partial charge in [-0.2, -0.15) is 0 Å². The topological polar surface area (TPSA) is 74.5 Å². The molecule has 1 saturated heterocycles. The van der Waals surface area contributed by atoms with Crippen molar-refractivity contribution >= 4 is 34.2 Å². The molecular weight excluding hydrogens is 378 g/mol. The summed E-state index contributed by atoms with van der Waals surface area (Å²) >= 11 is 0. The van der Waals surface area contributed by atoms with Crippen LogP contribution in [0.25, 0.3) is 11.0 Å². The van der Waals surface area contributed by atoms with Crippen molar-refractivity contribution in [2.45, 2.75) is 0 Å². The second-order valence-electron chi connectivity index (χ2n) is 7.18. The highest BCUT2D eigenvalue weighted by Gasteiger charge is 2.19. The molecule has 2 aromatic heterocycles. The van der Waals surface area contributed by atoms with Crippen LogP contribution in [0.4, 0.5) is 17.3 Å². The van der Waals surface area contributed by atoms with Crippen molar-refractivity contribution < 1.29 is 9.21 Å². The lowest BCUT2D eigenvalue weighted by Gasteiger charge is -2.36. The third-order valence-corrected chi connectivity index (χ3v) is 5.23. The number of piperazine rings is 1. The first-order chi connectivity index (χ1) is 14.8. The first-order valence-electron chi connectivity index (χ1n) is 9.93. The summed E-state index contributed by atoms with van der Waals surface area (Å²) in [6.45, 7) is 3.52. The van der Waals surface area contributed by atoms with Gasteiger partial charge in [-0.05, 0) is 24.3 Å². The predicted octanol–water partition coefficient (Wildman–Crippen LogP) is 3.80. The van der Waals surface area contributed by atoms with Crippen LogP contribution >= 0.6 is 0 Å². The fourth-order valence-electron chi connectivity index (χ4n) is 3.64. The number of aromatic nitrogens is 2. The Morgan fingerprint density at radius 1 is 0.867 bits per heavy atom. The highest BCUT2D eigenvalue weighted by Crippen LogP contribution is 2.21. The maximum Gasteiger partial charge on any atom is 0.291 e. The van der Waals surface area contributed by atoms with E-state index in [2.05, 4.69) is 49.4 Å². The quantitative estimate of drug-likeness (QED) is 0.563. The van der Waals surface area contributed by atoms with Crippen LogP contribution in [0.3, 0.4) is 0 Å². The predicted molar refractivity (Wildman–Crippen MR) is 117 cm³/mol. The Labute approximate surface area is 174 Å². The number of para-hydroxylation sites is 2. The van der Waals surface area contributed by atoms with E-state index in [4.69, 9.17) is 4.42 Å². The molecule has 0 saturated carbocycles. The van der Waals surface area contributed by atoms with Crippen molar-refractivity contribution in [2.75, 3.05) is 41.3 Å². The second kappa shape index (κ2) is 7.87. The number of carbonyl (C=O) groups is 1. The lowest BCUT2D eigenvalue weighted by Crippen LogP contribution is -2.47. The van der Waals surface area contributed by atoms with E-state index in [-0.39, 0.29) is 11.7 Å². The minimum Gasteiger partial charge on any atom is -0.451 e. The Balaban J connectivity index is 1.21. The zero-order chi connectivity index (χ0) is 20.3. The largest absolute Gasteiger partial charge is 0.451 e. The van der Waals surface area contributed by atoms with Gasteiger partial charge in [0.2, 0.25) is 5.95 Å². The van der Waals surface area contributed by atoms with Crippen molar-refractivity contribution in [2.24, 2.45) is 0 Å². The van der Waals surface area contributed by atoms with Gasteiger partial charge in [-0.25, -0.2) is 9.97 Å². The van der Waals surface area contributed by atoms with Crippen LogP contribution in [0, 0.1) is 0 Å². The van der Waals surface area contributed by atoms with E-state index in [0.29, 0.717) is 17.2 Å². The van der Waals surface area contributed by atoms with Crippen molar-refractivity contribution in [3.63, 3.8) is 0 Å². The average Bonchev–Trinajstić information content (AvgIpc) is 3.25. The molecule has 30 heavy (non-hydrogen) atoms. The number of rotatable bonds is 4. The highest BCUT2D eigenvalue weighted by atomic mass is 16.3. The third-order valence-electron chi connectivity index (χ3n) is 5.23. The first kappa shape index (κ1) is 18.2. The summed E-state index contributed by atoms with van der Waals surface area (Å²) in [6.07, 6.45) is 3.26. The third kappa shape index (κ3) is 3.69. The Morgan fingerprint density at radius 3 is 2.27 bits per heavy atom. The number of fused-ring (bicyclic) bond motifs is 1. The summed E-state index contributed by atoms with van der Waals surface area (Å²) < 4.78 is 5.60. The Bertz CT molecular complexity index is 1120. The van der Waals surface area contributed by atoms with Gasteiger partial charge in [0, 0.05) is 37.3 Å². The Kier molecular flexibility index (Phi) is 4.77. The number of carbonyl (C=O) groups excluding carboxylic acids is 1. The SMILES string of the molecule is O=C(Nc1cnc(N2CCN(c3ccccc3)CC2)nc1)c1cc2ccccc2o1. The van der Waals surface area contributed by atoms with Crippen molar-refractivity contribution in [3.8, 4) is 0 Å². The van der Waals surface area contributed by atoms with Crippen molar-refractivity contribution in [1.29, 1.82) is 0 Å². The maximum atomic E-state index is 12.5. The first-order valence-corrected chi connectivity index (χ1v) is 9.93. The zero-order valence-corrected chi connectivity index (χ0v) is 16.4. The molecule has 0 bridgehead atoms. The molecule has 1 fully saturated rings. The monoisotopic (exact) mass is 399 g/mol. The number of furan rings is 1. The minimum absolute atomic E-state index is 0.261. The molecule has 150 valence electrons. The van der Waals surface area contributed by atoms with Gasteiger partial charge in [-0.15, -0.1) is 0 Å². The summed E-state index contributed by atoms with van der Waals surface area (Å²) in [5.74, 6) is 0.612. The Morgan fingerprint density at radius 2 is 1.53 bits per heavy atom. The molecule has 0 aliphatic carbocycles. The van der Waals surface area contributed by atoms with E-state index in [1.54, 1.807) is 18.5 Å². The molecule has 5 rings (SSSR count). The zero-order valence-electron chi connectivity index (χ0n) is 16.4. The summed E-state index contributed by atoms with van der Waals surface area (Å²) in [4.78, 5) is 25.9. The van der Waals surface area contributed by atoms with Gasteiger partial charge >= 0.3 is 0 Å². The summed E-state index contributed by atoms with van der Waals surface area (Å²) in [5.41, 5.74) is 2.46. The van der Waals surface area contributed by atoms with Crippen LogP contribution in [0.15, 0.2) is 77.5 Å². The van der Waals surface area contributed by atoms with E-state index in [0.717, 1.165) is 31.6 Å². The number of anilines is 3. The molecule has 3 heterocycles. The van der Waals surface area contributed by atoms with Crippen LogP contribution in [0.1, 0.15) is 10.6 Å². The van der Waals surface area contributed by atoms with Gasteiger partial charge in [0.15, 0.2) is 5.76 Å². The lowest BCUT2D eigenvalue weighted by atomic mass is 10.2. The van der Waals surface area contributed by atoms with Gasteiger partial charge < -0.3 is 19.5 Å². The molecule has 1 amide bonds. The maximum absolute atomic E-state index is 12.5. The molecule has 0 unspecified atom stereocenters. The van der Waals surface area contributed by atoms with E-state index in [1.165, 1.54) is 5.69 Å². The summed E-state index contributed by atoms with van der Waals surface area (Å²) in [5, 5.41) is 3.69. The number of benzene rings is 2. The van der Waals surface area contributed by atoms with Gasteiger partial charge in [0.05, 0.1) is 18.1 Å². The molecule has 0 radical (unpaired) electrons. The Hall–Kier alpha value is -3.87. The summed E-state index contributed by atoms with van der Waals surface area (Å²) in [6, 6.07) is 19.7. The standard InChI is InChI=1S/C23H21N5O2/c29-22(21-14-17-6-4-5-9-20(17)30-21)26-18-15-24-23(25-16-18)28-12-10-27(11-13-28)19-7-2-1-3-8-19/h1-9,14-16H,10-13H2,(H,26,29). The molecular formula is C23H21N5O2. The number of amides is 1. The van der Waals surface area contributed by atoms with Crippen LogP contribution in [-0.2, 0) is 0 Å². The average molecular weight is 399 g/mol. The normalized spacial score (nSPS) is 14.1. The molecule has 0 spiro atoms. The van der Waals surface area contributed by atoms with Crippen LogP contribution in [0.2, 0.25) is 0 Å².